The molecule has 29 heavy (non-hydrogen) atoms. The summed E-state index contributed by atoms with van der Waals surface area (Å²) >= 11 is 0. The Labute approximate surface area is 166 Å². The van der Waals surface area contributed by atoms with Crippen LogP contribution in [0.25, 0.3) is 17.3 Å². The number of aromatic nitrogens is 3. The molecule has 5 heteroatoms. The molecule has 2 aromatic heterocycles. The molecule has 0 spiro atoms. The number of rotatable bonds is 3. The molecular weight excluding hydrogens is 368 g/mol. The Balaban J connectivity index is 1.68. The molecule has 0 saturated carbocycles. The molecule has 1 aliphatic carbocycles. The first-order valence-corrected chi connectivity index (χ1v) is 9.35. The van der Waals surface area contributed by atoms with Crippen molar-refractivity contribution >= 4 is 6.08 Å². The van der Waals surface area contributed by atoms with E-state index < -0.39 is 5.41 Å². The van der Waals surface area contributed by atoms with Crippen molar-refractivity contribution in [2.75, 3.05) is 0 Å². The fraction of sp³-hybridized carbons (Fsp3) is 0.0833. The number of hydrogen-bond donors (Lipinski definition) is 1. The second-order valence-corrected chi connectivity index (χ2v) is 7.20. The van der Waals surface area contributed by atoms with Crippen molar-refractivity contribution in [1.82, 2.24) is 15.2 Å². The first-order valence-electron chi connectivity index (χ1n) is 9.35. The van der Waals surface area contributed by atoms with Crippen molar-refractivity contribution < 1.29 is 8.78 Å². The number of fused-ring (bicyclic) bond motifs is 1. The van der Waals surface area contributed by atoms with Crippen LogP contribution in [-0.2, 0) is 11.8 Å². The molecule has 0 amide bonds. The quantitative estimate of drug-likeness (QED) is 0.520. The first-order chi connectivity index (χ1) is 14.2. The average molecular weight is 385 g/mol. The third-order valence-electron chi connectivity index (χ3n) is 5.51. The Morgan fingerprint density at radius 1 is 0.862 bits per heavy atom. The summed E-state index contributed by atoms with van der Waals surface area (Å²) < 4.78 is 28.2. The second kappa shape index (κ2) is 6.78. The summed E-state index contributed by atoms with van der Waals surface area (Å²) in [6.07, 6.45) is 8.00. The van der Waals surface area contributed by atoms with Gasteiger partial charge in [0, 0.05) is 41.1 Å². The van der Waals surface area contributed by atoms with Crippen molar-refractivity contribution in [2.45, 2.75) is 11.8 Å². The molecule has 5 rings (SSSR count). The lowest BCUT2D eigenvalue weighted by molar-refractivity contribution is 0.582. The van der Waals surface area contributed by atoms with E-state index in [4.69, 9.17) is 0 Å². The van der Waals surface area contributed by atoms with Crippen LogP contribution < -0.4 is 0 Å². The van der Waals surface area contributed by atoms with Crippen molar-refractivity contribution in [3.8, 4) is 11.3 Å². The summed E-state index contributed by atoms with van der Waals surface area (Å²) in [6.45, 7) is 0. The van der Waals surface area contributed by atoms with Crippen LogP contribution in [0.5, 0.6) is 0 Å². The molecule has 2 heterocycles. The van der Waals surface area contributed by atoms with Crippen LogP contribution in [0.3, 0.4) is 0 Å². The van der Waals surface area contributed by atoms with Gasteiger partial charge in [0.15, 0.2) is 0 Å². The first kappa shape index (κ1) is 17.5. The number of nitrogens with zero attached hydrogens (tertiary/aromatic N) is 2. The number of H-pyrrole nitrogens is 1. The van der Waals surface area contributed by atoms with Gasteiger partial charge in [0.05, 0.1) is 5.69 Å². The number of pyridine rings is 1. The molecule has 0 unspecified atom stereocenters. The van der Waals surface area contributed by atoms with Crippen LogP contribution in [0, 0.1) is 11.6 Å². The minimum Gasteiger partial charge on any atom is -0.281 e. The van der Waals surface area contributed by atoms with E-state index in [0.717, 1.165) is 33.6 Å². The van der Waals surface area contributed by atoms with E-state index >= 15 is 0 Å². The lowest BCUT2D eigenvalue weighted by atomic mass is 9.68. The summed E-state index contributed by atoms with van der Waals surface area (Å²) in [4.78, 5) is 4.06. The topological polar surface area (TPSA) is 41.6 Å². The van der Waals surface area contributed by atoms with Crippen molar-refractivity contribution in [2.24, 2.45) is 0 Å². The molecule has 1 aliphatic rings. The zero-order valence-electron chi connectivity index (χ0n) is 15.4. The third-order valence-corrected chi connectivity index (χ3v) is 5.51. The summed E-state index contributed by atoms with van der Waals surface area (Å²) in [5.74, 6) is -0.640. The predicted molar refractivity (Wildman–Crippen MR) is 108 cm³/mol. The van der Waals surface area contributed by atoms with Gasteiger partial charge < -0.3 is 0 Å². The molecule has 0 bridgehead atoms. The fourth-order valence-electron chi connectivity index (χ4n) is 4.09. The van der Waals surface area contributed by atoms with Gasteiger partial charge in [-0.15, -0.1) is 0 Å². The van der Waals surface area contributed by atoms with Gasteiger partial charge in [-0.2, -0.15) is 5.10 Å². The largest absolute Gasteiger partial charge is 0.281 e. The fourth-order valence-corrected chi connectivity index (χ4v) is 4.09. The Kier molecular flexibility index (Phi) is 4.09. The van der Waals surface area contributed by atoms with Crippen LogP contribution in [-0.4, -0.2) is 15.2 Å². The Morgan fingerprint density at radius 2 is 1.52 bits per heavy atom. The van der Waals surface area contributed by atoms with Gasteiger partial charge in [-0.25, -0.2) is 8.78 Å². The maximum atomic E-state index is 14.1. The highest BCUT2D eigenvalue weighted by molar-refractivity contribution is 5.76. The van der Waals surface area contributed by atoms with Gasteiger partial charge >= 0.3 is 0 Å². The lowest BCUT2D eigenvalue weighted by Crippen LogP contribution is -2.30. The maximum absolute atomic E-state index is 14.1. The number of halogens is 2. The smallest absolute Gasteiger partial charge is 0.123 e. The maximum Gasteiger partial charge on any atom is 0.123 e. The molecule has 4 aromatic rings. The molecule has 0 aliphatic heterocycles. The minimum absolute atomic E-state index is 0.320. The zero-order valence-corrected chi connectivity index (χ0v) is 15.4. The van der Waals surface area contributed by atoms with Crippen LogP contribution >= 0.6 is 0 Å². The highest BCUT2D eigenvalue weighted by Gasteiger charge is 2.37. The highest BCUT2D eigenvalue weighted by Crippen LogP contribution is 2.43. The molecule has 0 atom stereocenters. The summed E-state index contributed by atoms with van der Waals surface area (Å²) in [5.41, 5.74) is 4.55. The molecule has 142 valence electrons. The van der Waals surface area contributed by atoms with Gasteiger partial charge in [0.1, 0.15) is 11.6 Å². The van der Waals surface area contributed by atoms with Gasteiger partial charge in [-0.3, -0.25) is 10.1 Å². The monoisotopic (exact) mass is 385 g/mol. The lowest BCUT2D eigenvalue weighted by Gasteiger charge is -2.34. The van der Waals surface area contributed by atoms with Crippen molar-refractivity contribution in [3.05, 3.63) is 113 Å². The number of benzene rings is 2. The molecule has 0 saturated heterocycles. The van der Waals surface area contributed by atoms with Gasteiger partial charge in [-0.05, 0) is 47.5 Å². The van der Waals surface area contributed by atoms with Crippen LogP contribution in [0.15, 0.2) is 79.1 Å². The van der Waals surface area contributed by atoms with E-state index in [1.807, 2.05) is 36.4 Å². The van der Waals surface area contributed by atoms with Crippen molar-refractivity contribution in [1.29, 1.82) is 0 Å². The van der Waals surface area contributed by atoms with E-state index in [9.17, 15) is 8.78 Å². The van der Waals surface area contributed by atoms with E-state index in [0.29, 0.717) is 6.42 Å². The molecule has 3 nitrogen and oxygen atoms in total. The standard InChI is InChI=1S/C24H17F2N3/c25-19-5-1-3-17(13-19)24(18-4-2-6-20(26)14-18)10-7-21-22(15-24)28-29-23(21)16-8-11-27-12-9-16/h1-14H,15H2,(H,28,29). The Bertz CT molecular complexity index is 1170. The molecular formula is C24H17F2N3. The summed E-state index contributed by atoms with van der Waals surface area (Å²) in [6, 6.07) is 16.8. The van der Waals surface area contributed by atoms with Gasteiger partial charge in [0.2, 0.25) is 0 Å². The van der Waals surface area contributed by atoms with Gasteiger partial charge in [0.25, 0.3) is 0 Å². The zero-order chi connectivity index (χ0) is 19.8. The molecule has 2 aromatic carbocycles. The molecule has 1 N–H and O–H groups in total. The molecule has 0 radical (unpaired) electrons. The van der Waals surface area contributed by atoms with E-state index in [1.165, 1.54) is 24.3 Å². The van der Waals surface area contributed by atoms with Crippen molar-refractivity contribution in [3.63, 3.8) is 0 Å². The number of allylic oxidation sites excluding steroid dienone is 1. The number of nitrogens with one attached hydrogen (secondary N) is 1. The third kappa shape index (κ3) is 2.95. The van der Waals surface area contributed by atoms with E-state index in [-0.39, 0.29) is 11.6 Å². The van der Waals surface area contributed by atoms with Crippen LogP contribution in [0.4, 0.5) is 8.78 Å². The minimum atomic E-state index is -0.695. The SMILES string of the molecule is Fc1cccc(C2(c3cccc(F)c3)C=Cc3c(-c4ccncc4)n[nH]c3C2)c1. The van der Waals surface area contributed by atoms with Crippen LogP contribution in [0.2, 0.25) is 0 Å². The number of hydrogen-bond acceptors (Lipinski definition) is 2. The normalized spacial score (nSPS) is 14.6. The van der Waals surface area contributed by atoms with Gasteiger partial charge in [-0.1, -0.05) is 36.4 Å². The van der Waals surface area contributed by atoms with E-state index in [1.54, 1.807) is 24.5 Å². The summed E-state index contributed by atoms with van der Waals surface area (Å²) in [7, 11) is 0. The van der Waals surface area contributed by atoms with Crippen LogP contribution in [0.1, 0.15) is 22.4 Å². The molecule has 0 fully saturated rings. The number of aromatic amines is 1. The Hall–Kier alpha value is -3.60. The van der Waals surface area contributed by atoms with E-state index in [2.05, 4.69) is 15.2 Å². The summed E-state index contributed by atoms with van der Waals surface area (Å²) in [5, 5.41) is 7.64. The predicted octanol–water partition coefficient (Wildman–Crippen LogP) is 5.31. The average Bonchev–Trinajstić information content (AvgIpc) is 3.17. The second-order valence-electron chi connectivity index (χ2n) is 7.20. The Morgan fingerprint density at radius 3 is 2.14 bits per heavy atom. The highest BCUT2D eigenvalue weighted by atomic mass is 19.1.